The summed E-state index contributed by atoms with van der Waals surface area (Å²) in [6.45, 7) is 6.46. The molecule has 3 rings (SSSR count). The van der Waals surface area contributed by atoms with Gasteiger partial charge in [-0.3, -0.25) is 9.59 Å². The van der Waals surface area contributed by atoms with Crippen molar-refractivity contribution in [3.05, 3.63) is 17.2 Å². The molecule has 1 heterocycles. The van der Waals surface area contributed by atoms with E-state index < -0.39 is 34.9 Å². The molecular formula is C20H26O7. The molecule has 7 heteroatoms. The zero-order valence-corrected chi connectivity index (χ0v) is 16.1. The molecule has 1 aromatic carbocycles. The van der Waals surface area contributed by atoms with E-state index in [0.717, 1.165) is 12.5 Å². The second kappa shape index (κ2) is 7.13. The van der Waals surface area contributed by atoms with Crippen LogP contribution in [0.5, 0.6) is 17.2 Å². The van der Waals surface area contributed by atoms with Crippen LogP contribution in [0.3, 0.4) is 0 Å². The topological polar surface area (TPSA) is 102 Å². The van der Waals surface area contributed by atoms with Crippen LogP contribution in [0.15, 0.2) is 6.07 Å². The van der Waals surface area contributed by atoms with Gasteiger partial charge in [0.2, 0.25) is 0 Å². The Morgan fingerprint density at radius 2 is 1.89 bits per heavy atom. The number of methoxy groups -OCH3 is 1. The maximum atomic E-state index is 13.1. The van der Waals surface area contributed by atoms with E-state index in [4.69, 9.17) is 14.2 Å². The maximum absolute atomic E-state index is 13.1. The van der Waals surface area contributed by atoms with Gasteiger partial charge < -0.3 is 24.4 Å². The van der Waals surface area contributed by atoms with Gasteiger partial charge in [0.05, 0.1) is 37.4 Å². The van der Waals surface area contributed by atoms with Gasteiger partial charge in [-0.05, 0) is 19.3 Å². The highest BCUT2D eigenvalue weighted by molar-refractivity contribution is 6.19. The number of ether oxygens (including phenoxy) is 3. The van der Waals surface area contributed by atoms with E-state index in [0.29, 0.717) is 12.5 Å². The molecule has 0 unspecified atom stereocenters. The highest BCUT2D eigenvalue weighted by Gasteiger charge is 2.51. The van der Waals surface area contributed by atoms with Crippen molar-refractivity contribution in [2.45, 2.75) is 39.4 Å². The lowest BCUT2D eigenvalue weighted by atomic mass is 9.70. The van der Waals surface area contributed by atoms with Crippen molar-refractivity contribution in [1.29, 1.82) is 0 Å². The van der Waals surface area contributed by atoms with E-state index in [1.165, 1.54) is 7.11 Å². The number of ketones is 2. The first-order valence-corrected chi connectivity index (χ1v) is 9.17. The molecule has 7 nitrogen and oxygen atoms in total. The summed E-state index contributed by atoms with van der Waals surface area (Å²) >= 11 is 0. The van der Waals surface area contributed by atoms with Crippen LogP contribution in [-0.2, 0) is 9.47 Å². The van der Waals surface area contributed by atoms with Crippen molar-refractivity contribution < 1.29 is 34.0 Å². The highest BCUT2D eigenvalue weighted by Crippen LogP contribution is 2.48. The van der Waals surface area contributed by atoms with Crippen molar-refractivity contribution in [1.82, 2.24) is 0 Å². The number of phenolic OH excluding ortho intramolecular Hbond substituents is 2. The van der Waals surface area contributed by atoms with Gasteiger partial charge in [0, 0.05) is 18.4 Å². The summed E-state index contributed by atoms with van der Waals surface area (Å²) in [7, 11) is 1.31. The minimum Gasteiger partial charge on any atom is -0.507 e. The van der Waals surface area contributed by atoms with Gasteiger partial charge in [-0.25, -0.2) is 0 Å². The Kier molecular flexibility index (Phi) is 5.18. The molecule has 0 amide bonds. The van der Waals surface area contributed by atoms with E-state index in [9.17, 15) is 19.8 Å². The standard InChI is InChI=1S/C20H26O7/c1-10(2)5-6-26-20(3)8-11-12(9-27-20)18(23)15-13(21)7-14(25-4)19(24)16(15)17(11)22/h7,10-12,21,24H,5-6,8-9H2,1-4H3/t11-,12-,20-/m1/s1. The summed E-state index contributed by atoms with van der Waals surface area (Å²) in [4.78, 5) is 26.0. The van der Waals surface area contributed by atoms with E-state index in [1.807, 2.05) is 0 Å². The van der Waals surface area contributed by atoms with Crippen LogP contribution in [0, 0.1) is 17.8 Å². The number of phenols is 2. The normalized spacial score (nSPS) is 27.4. The molecule has 2 aliphatic rings. The molecule has 1 saturated heterocycles. The minimum atomic E-state index is -0.972. The molecule has 0 bridgehead atoms. The van der Waals surface area contributed by atoms with Gasteiger partial charge >= 0.3 is 0 Å². The van der Waals surface area contributed by atoms with Gasteiger partial charge in [-0.1, -0.05) is 13.8 Å². The number of carbonyl (C=O) groups excluding carboxylic acids is 2. The van der Waals surface area contributed by atoms with Crippen molar-refractivity contribution in [2.24, 2.45) is 17.8 Å². The first-order chi connectivity index (χ1) is 12.7. The molecule has 0 radical (unpaired) electrons. The quantitative estimate of drug-likeness (QED) is 0.760. The second-order valence-electron chi connectivity index (χ2n) is 7.82. The molecule has 1 aliphatic heterocycles. The number of aromatic hydroxyl groups is 2. The number of benzene rings is 1. The molecule has 3 atom stereocenters. The lowest BCUT2D eigenvalue weighted by molar-refractivity contribution is -0.258. The highest BCUT2D eigenvalue weighted by atomic mass is 16.7. The molecular weight excluding hydrogens is 352 g/mol. The van der Waals surface area contributed by atoms with E-state index >= 15 is 0 Å². The number of hydrogen-bond donors (Lipinski definition) is 2. The van der Waals surface area contributed by atoms with Gasteiger partial charge in [0.1, 0.15) is 5.75 Å². The zero-order valence-electron chi connectivity index (χ0n) is 16.1. The molecule has 1 fully saturated rings. The molecule has 27 heavy (non-hydrogen) atoms. The number of rotatable bonds is 5. The fraction of sp³-hybridized carbons (Fsp3) is 0.600. The summed E-state index contributed by atoms with van der Waals surface area (Å²) in [5, 5.41) is 20.6. The smallest absolute Gasteiger partial charge is 0.173 e. The van der Waals surface area contributed by atoms with Gasteiger partial charge in [-0.15, -0.1) is 0 Å². The molecule has 148 valence electrons. The van der Waals surface area contributed by atoms with Crippen LogP contribution in [0.4, 0.5) is 0 Å². The predicted octanol–water partition coefficient (Wildman–Crippen LogP) is 2.92. The van der Waals surface area contributed by atoms with Crippen molar-refractivity contribution in [3.8, 4) is 17.2 Å². The van der Waals surface area contributed by atoms with E-state index in [1.54, 1.807) is 6.92 Å². The fourth-order valence-corrected chi connectivity index (χ4v) is 3.78. The van der Waals surface area contributed by atoms with Gasteiger partial charge in [-0.2, -0.15) is 0 Å². The molecule has 0 saturated carbocycles. The van der Waals surface area contributed by atoms with Gasteiger partial charge in [0.15, 0.2) is 28.9 Å². The number of fused-ring (bicyclic) bond motifs is 2. The Labute approximate surface area is 158 Å². The number of carbonyl (C=O) groups is 2. The third-order valence-electron chi connectivity index (χ3n) is 5.38. The Morgan fingerprint density at radius 1 is 1.22 bits per heavy atom. The lowest BCUT2D eigenvalue weighted by Gasteiger charge is -2.43. The summed E-state index contributed by atoms with van der Waals surface area (Å²) in [5.41, 5.74) is -0.336. The average Bonchev–Trinajstić information content (AvgIpc) is 2.60. The molecule has 0 aromatic heterocycles. The minimum absolute atomic E-state index is 0.0269. The predicted molar refractivity (Wildman–Crippen MR) is 96.3 cm³/mol. The van der Waals surface area contributed by atoms with Crippen molar-refractivity contribution >= 4 is 11.6 Å². The van der Waals surface area contributed by atoms with Crippen LogP contribution < -0.4 is 4.74 Å². The third-order valence-corrected chi connectivity index (χ3v) is 5.38. The molecule has 1 aliphatic carbocycles. The van der Waals surface area contributed by atoms with Crippen molar-refractivity contribution in [2.75, 3.05) is 20.3 Å². The van der Waals surface area contributed by atoms with Crippen LogP contribution in [0.25, 0.3) is 0 Å². The Hall–Kier alpha value is -2.12. The lowest BCUT2D eigenvalue weighted by Crippen LogP contribution is -2.51. The number of Topliss-reactive ketones (excluding diaryl/α,β-unsaturated/α-hetero) is 2. The van der Waals surface area contributed by atoms with E-state index in [2.05, 4.69) is 13.8 Å². The first-order valence-electron chi connectivity index (χ1n) is 9.17. The van der Waals surface area contributed by atoms with Crippen LogP contribution in [0.1, 0.15) is 54.3 Å². The Bertz CT molecular complexity index is 770. The summed E-state index contributed by atoms with van der Waals surface area (Å²) < 4.78 is 16.7. The van der Waals surface area contributed by atoms with E-state index in [-0.39, 0.29) is 35.7 Å². The average molecular weight is 378 g/mol. The Balaban J connectivity index is 1.93. The summed E-state index contributed by atoms with van der Waals surface area (Å²) in [5.74, 6) is -3.53. The zero-order chi connectivity index (χ0) is 19.9. The maximum Gasteiger partial charge on any atom is 0.173 e. The first kappa shape index (κ1) is 19.6. The summed E-state index contributed by atoms with van der Waals surface area (Å²) in [6, 6.07) is 1.14. The van der Waals surface area contributed by atoms with Crippen LogP contribution >= 0.6 is 0 Å². The third kappa shape index (κ3) is 3.41. The van der Waals surface area contributed by atoms with Crippen LogP contribution in [-0.4, -0.2) is 47.9 Å². The fourth-order valence-electron chi connectivity index (χ4n) is 3.78. The molecule has 2 N–H and O–H groups in total. The second-order valence-corrected chi connectivity index (χ2v) is 7.82. The summed E-state index contributed by atoms with van der Waals surface area (Å²) in [6.07, 6.45) is 1.06. The van der Waals surface area contributed by atoms with Gasteiger partial charge in [0.25, 0.3) is 0 Å². The SMILES string of the molecule is COc1cc(O)c2c(c1O)C(=O)[C@@H]1C[C@](C)(OCCC(C)C)OC[C@H]1C2=O. The van der Waals surface area contributed by atoms with Crippen LogP contribution in [0.2, 0.25) is 0 Å². The van der Waals surface area contributed by atoms with Crippen molar-refractivity contribution in [3.63, 3.8) is 0 Å². The molecule has 0 spiro atoms. The largest absolute Gasteiger partial charge is 0.507 e. The number of hydrogen-bond acceptors (Lipinski definition) is 7. The monoisotopic (exact) mass is 378 g/mol. The molecule has 1 aromatic rings. The Morgan fingerprint density at radius 3 is 2.52 bits per heavy atom.